The number of carboxylic acids is 1. The van der Waals surface area contributed by atoms with E-state index < -0.39 is 11.9 Å². The van der Waals surface area contributed by atoms with Gasteiger partial charge in [-0.2, -0.15) is 5.26 Å². The summed E-state index contributed by atoms with van der Waals surface area (Å²) in [5.41, 5.74) is 0.0140. The maximum Gasteiger partial charge on any atom is 0.303 e. The quantitative estimate of drug-likeness (QED) is 0.344. The van der Waals surface area contributed by atoms with E-state index in [0.717, 1.165) is 25.8 Å². The van der Waals surface area contributed by atoms with Gasteiger partial charge in [0.1, 0.15) is 11.6 Å². The number of hydrogen-bond donors (Lipinski definition) is 3. The summed E-state index contributed by atoms with van der Waals surface area (Å²) in [4.78, 5) is 24.3. The normalized spacial score (nSPS) is 18.6. The zero-order valence-corrected chi connectivity index (χ0v) is 12.6. The van der Waals surface area contributed by atoms with Crippen LogP contribution < -0.4 is 5.32 Å². The fourth-order valence-corrected chi connectivity index (χ4v) is 2.49. The van der Waals surface area contributed by atoms with Crippen molar-refractivity contribution < 1.29 is 19.8 Å². The number of hydrogen-bond acceptors (Lipinski definition) is 5. The summed E-state index contributed by atoms with van der Waals surface area (Å²) in [6.45, 7) is 1.07. The van der Waals surface area contributed by atoms with E-state index in [2.05, 4.69) is 5.32 Å². The number of nitrogens with zero attached hydrogens (tertiary/aromatic N) is 2. The first-order valence-electron chi connectivity index (χ1n) is 7.57. The van der Waals surface area contributed by atoms with Gasteiger partial charge in [0.15, 0.2) is 0 Å². The topological polar surface area (TPSA) is 114 Å². The molecule has 0 radical (unpaired) electrons. The van der Waals surface area contributed by atoms with Crippen LogP contribution in [0.3, 0.4) is 0 Å². The first-order chi connectivity index (χ1) is 10.6. The van der Waals surface area contributed by atoms with Gasteiger partial charge in [0, 0.05) is 38.4 Å². The third-order valence-electron chi connectivity index (χ3n) is 3.65. The highest BCUT2D eigenvalue weighted by atomic mass is 16.4. The molecule has 3 N–H and O–H groups in total. The van der Waals surface area contributed by atoms with Crippen LogP contribution in [0.2, 0.25) is 0 Å². The maximum atomic E-state index is 11.9. The lowest BCUT2D eigenvalue weighted by Crippen LogP contribution is -2.37. The predicted molar refractivity (Wildman–Crippen MR) is 79.6 cm³/mol. The molecule has 1 fully saturated rings. The number of carboxylic acid groups (broad SMARTS) is 1. The minimum Gasteiger partial charge on any atom is -0.481 e. The molecule has 1 unspecified atom stereocenters. The summed E-state index contributed by atoms with van der Waals surface area (Å²) in [6, 6.07) is 2.04. The van der Waals surface area contributed by atoms with E-state index in [9.17, 15) is 9.59 Å². The Labute approximate surface area is 130 Å². The molecular weight excluding hydrogens is 286 g/mol. The Balaban J connectivity index is 2.58. The van der Waals surface area contributed by atoms with Crippen LogP contribution in [0.25, 0.3) is 0 Å². The van der Waals surface area contributed by atoms with Gasteiger partial charge in [-0.05, 0) is 32.1 Å². The Morgan fingerprint density at radius 3 is 2.82 bits per heavy atom. The van der Waals surface area contributed by atoms with E-state index in [1.165, 1.54) is 0 Å². The van der Waals surface area contributed by atoms with E-state index in [4.69, 9.17) is 15.5 Å². The highest BCUT2D eigenvalue weighted by Crippen LogP contribution is 2.20. The number of carbonyl (C=O) groups excluding carboxylic acids is 1. The highest BCUT2D eigenvalue weighted by Gasteiger charge is 2.21. The molecule has 0 aliphatic carbocycles. The summed E-state index contributed by atoms with van der Waals surface area (Å²) in [7, 11) is 0. The molecule has 1 atom stereocenters. The van der Waals surface area contributed by atoms with Crippen molar-refractivity contribution in [1.29, 1.82) is 5.26 Å². The van der Waals surface area contributed by atoms with E-state index in [1.807, 2.05) is 11.0 Å². The zero-order valence-electron chi connectivity index (χ0n) is 12.6. The number of amides is 1. The standard InChI is InChI=1S/C15H23N3O4/c16-10-12(15(22)17-7-3-5-14(20)21)11-18-8-2-1-4-13(18)6-9-19/h11,13,19H,1-9H2,(H,17,22)(H,20,21)/b12-11-. The third-order valence-corrected chi connectivity index (χ3v) is 3.65. The molecule has 7 nitrogen and oxygen atoms in total. The van der Waals surface area contributed by atoms with Crippen LogP contribution in [-0.2, 0) is 9.59 Å². The molecule has 7 heteroatoms. The minimum absolute atomic E-state index is 0.0140. The molecular formula is C15H23N3O4. The van der Waals surface area contributed by atoms with Gasteiger partial charge in [-0.1, -0.05) is 0 Å². The highest BCUT2D eigenvalue weighted by molar-refractivity contribution is 5.97. The summed E-state index contributed by atoms with van der Waals surface area (Å²) in [6.07, 6.45) is 5.51. The lowest BCUT2D eigenvalue weighted by molar-refractivity contribution is -0.137. The second-order valence-electron chi connectivity index (χ2n) is 5.31. The monoisotopic (exact) mass is 309 g/mol. The predicted octanol–water partition coefficient (Wildman–Crippen LogP) is 0.612. The van der Waals surface area contributed by atoms with E-state index in [-0.39, 0.29) is 31.2 Å². The average Bonchev–Trinajstić information content (AvgIpc) is 2.50. The molecule has 0 aromatic carbocycles. The molecule has 22 heavy (non-hydrogen) atoms. The van der Waals surface area contributed by atoms with Gasteiger partial charge < -0.3 is 20.4 Å². The lowest BCUT2D eigenvalue weighted by atomic mass is 10.00. The van der Waals surface area contributed by atoms with Crippen molar-refractivity contribution in [3.05, 3.63) is 11.8 Å². The largest absolute Gasteiger partial charge is 0.481 e. The Hall–Kier alpha value is -2.07. The van der Waals surface area contributed by atoms with Gasteiger partial charge in [-0.3, -0.25) is 9.59 Å². The molecule has 0 bridgehead atoms. The van der Waals surface area contributed by atoms with Crippen LogP contribution in [0.1, 0.15) is 38.5 Å². The average molecular weight is 309 g/mol. The van der Waals surface area contributed by atoms with Crippen molar-refractivity contribution in [2.75, 3.05) is 19.7 Å². The number of aliphatic carboxylic acids is 1. The molecule has 1 aliphatic rings. The summed E-state index contributed by atoms with van der Waals surface area (Å²) in [5.74, 6) is -1.40. The van der Waals surface area contributed by atoms with E-state index >= 15 is 0 Å². The van der Waals surface area contributed by atoms with Crippen LogP contribution in [0.5, 0.6) is 0 Å². The van der Waals surface area contributed by atoms with Crippen molar-refractivity contribution in [3.63, 3.8) is 0 Å². The molecule has 1 aliphatic heterocycles. The molecule has 1 heterocycles. The molecule has 0 saturated carbocycles. The van der Waals surface area contributed by atoms with Gasteiger partial charge in [0.05, 0.1) is 0 Å². The Morgan fingerprint density at radius 1 is 1.41 bits per heavy atom. The van der Waals surface area contributed by atoms with Gasteiger partial charge in [0.2, 0.25) is 0 Å². The second-order valence-corrected chi connectivity index (χ2v) is 5.31. The van der Waals surface area contributed by atoms with Crippen molar-refractivity contribution in [1.82, 2.24) is 10.2 Å². The number of likely N-dealkylation sites (tertiary alicyclic amines) is 1. The van der Waals surface area contributed by atoms with Crippen molar-refractivity contribution >= 4 is 11.9 Å². The number of piperidine rings is 1. The van der Waals surface area contributed by atoms with Gasteiger partial charge in [-0.15, -0.1) is 0 Å². The molecule has 122 valence electrons. The number of aliphatic hydroxyl groups excluding tert-OH is 1. The van der Waals surface area contributed by atoms with Crippen LogP contribution in [0.15, 0.2) is 11.8 Å². The third kappa shape index (κ3) is 6.14. The van der Waals surface area contributed by atoms with Crippen LogP contribution >= 0.6 is 0 Å². The van der Waals surface area contributed by atoms with E-state index in [1.54, 1.807) is 6.20 Å². The fourth-order valence-electron chi connectivity index (χ4n) is 2.49. The first kappa shape index (κ1) is 18.0. The minimum atomic E-state index is -0.912. The van der Waals surface area contributed by atoms with Crippen LogP contribution in [0, 0.1) is 11.3 Å². The van der Waals surface area contributed by atoms with Crippen LogP contribution in [0.4, 0.5) is 0 Å². The Bertz CT molecular complexity index is 454. The van der Waals surface area contributed by atoms with Gasteiger partial charge >= 0.3 is 5.97 Å². The number of carbonyl (C=O) groups is 2. The maximum absolute atomic E-state index is 11.9. The van der Waals surface area contributed by atoms with E-state index in [0.29, 0.717) is 12.8 Å². The van der Waals surface area contributed by atoms with Crippen molar-refractivity contribution in [3.8, 4) is 6.07 Å². The number of nitriles is 1. The molecule has 1 amide bonds. The fraction of sp³-hybridized carbons (Fsp3) is 0.667. The lowest BCUT2D eigenvalue weighted by Gasteiger charge is -2.34. The number of rotatable bonds is 8. The van der Waals surface area contributed by atoms with Gasteiger partial charge in [-0.25, -0.2) is 0 Å². The summed E-state index contributed by atoms with van der Waals surface area (Å²) >= 11 is 0. The molecule has 1 rings (SSSR count). The Morgan fingerprint density at radius 2 is 2.18 bits per heavy atom. The van der Waals surface area contributed by atoms with Crippen molar-refractivity contribution in [2.45, 2.75) is 44.6 Å². The van der Waals surface area contributed by atoms with Crippen molar-refractivity contribution in [2.24, 2.45) is 0 Å². The Kier molecular flexibility index (Phi) is 8.00. The molecule has 0 spiro atoms. The zero-order chi connectivity index (χ0) is 16.4. The number of aliphatic hydroxyl groups is 1. The summed E-state index contributed by atoms with van der Waals surface area (Å²) in [5, 5.41) is 29.3. The second kappa shape index (κ2) is 9.79. The smallest absolute Gasteiger partial charge is 0.303 e. The van der Waals surface area contributed by atoms with Crippen LogP contribution in [-0.4, -0.2) is 52.7 Å². The number of nitrogens with one attached hydrogen (secondary N) is 1. The van der Waals surface area contributed by atoms with Gasteiger partial charge in [0.25, 0.3) is 5.91 Å². The molecule has 0 aromatic rings. The molecule has 0 aromatic heterocycles. The molecule has 1 saturated heterocycles. The first-order valence-corrected chi connectivity index (χ1v) is 7.57. The summed E-state index contributed by atoms with van der Waals surface area (Å²) < 4.78 is 0. The SMILES string of the molecule is N#C/C(=C/N1CCCCC1CCO)C(=O)NCCCC(=O)O.